The Kier molecular flexibility index (Phi) is 7.15. The van der Waals surface area contributed by atoms with E-state index in [2.05, 4.69) is 0 Å². The standard InChI is InChI=1S/C11H14Cl3NO.ClH/c1-5(2)11(16)10(15)8-6(12)3-4-7(13)9(8)14;/h3-5,10-11,16H,15H2,1-2H3;1H/t10-,11+;/m0./s1. The van der Waals surface area contributed by atoms with E-state index in [1.807, 2.05) is 13.8 Å². The van der Waals surface area contributed by atoms with E-state index in [9.17, 15) is 5.11 Å². The van der Waals surface area contributed by atoms with Gasteiger partial charge in [-0.1, -0.05) is 48.7 Å². The van der Waals surface area contributed by atoms with Gasteiger partial charge < -0.3 is 10.8 Å². The number of benzene rings is 1. The number of hydrogen-bond acceptors (Lipinski definition) is 2. The zero-order valence-electron chi connectivity index (χ0n) is 9.45. The summed E-state index contributed by atoms with van der Waals surface area (Å²) < 4.78 is 0. The molecule has 0 saturated heterocycles. The van der Waals surface area contributed by atoms with Crippen LogP contribution in [0.5, 0.6) is 0 Å². The van der Waals surface area contributed by atoms with Crippen LogP contribution in [0.4, 0.5) is 0 Å². The van der Waals surface area contributed by atoms with Crippen molar-refractivity contribution in [3.05, 3.63) is 32.8 Å². The summed E-state index contributed by atoms with van der Waals surface area (Å²) in [5, 5.41) is 11.0. The second-order valence-corrected chi connectivity index (χ2v) is 5.21. The van der Waals surface area contributed by atoms with Gasteiger partial charge in [-0.3, -0.25) is 0 Å². The molecule has 0 bridgehead atoms. The van der Waals surface area contributed by atoms with E-state index in [4.69, 9.17) is 40.5 Å². The number of aliphatic hydroxyl groups excluding tert-OH is 1. The lowest BCUT2D eigenvalue weighted by atomic mass is 9.94. The SMILES string of the molecule is CC(C)[C@@H](O)[C@@H](N)c1c(Cl)ccc(Cl)c1Cl.Cl. The lowest BCUT2D eigenvalue weighted by molar-refractivity contribution is 0.0980. The Bertz CT molecular complexity index is 384. The first kappa shape index (κ1) is 17.3. The molecule has 6 heteroatoms. The summed E-state index contributed by atoms with van der Waals surface area (Å²) in [6.07, 6.45) is -0.714. The minimum absolute atomic E-state index is 0. The maximum atomic E-state index is 9.90. The van der Waals surface area contributed by atoms with Crippen molar-refractivity contribution in [2.75, 3.05) is 0 Å². The minimum atomic E-state index is -0.714. The Morgan fingerprint density at radius 1 is 1.12 bits per heavy atom. The summed E-state index contributed by atoms with van der Waals surface area (Å²) in [4.78, 5) is 0. The monoisotopic (exact) mass is 317 g/mol. The van der Waals surface area contributed by atoms with Crippen molar-refractivity contribution in [1.29, 1.82) is 0 Å². The molecule has 3 N–H and O–H groups in total. The number of hydrogen-bond donors (Lipinski definition) is 2. The highest BCUT2D eigenvalue weighted by atomic mass is 35.5. The zero-order valence-corrected chi connectivity index (χ0v) is 12.5. The van der Waals surface area contributed by atoms with Crippen LogP contribution in [0.1, 0.15) is 25.5 Å². The Morgan fingerprint density at radius 3 is 2.06 bits per heavy atom. The second-order valence-electron chi connectivity index (χ2n) is 4.02. The molecule has 1 aromatic carbocycles. The molecule has 0 saturated carbocycles. The van der Waals surface area contributed by atoms with Crippen molar-refractivity contribution in [2.45, 2.75) is 26.0 Å². The van der Waals surface area contributed by atoms with E-state index in [1.54, 1.807) is 12.1 Å². The topological polar surface area (TPSA) is 46.2 Å². The summed E-state index contributed by atoms with van der Waals surface area (Å²) in [5.74, 6) is 0.0149. The molecule has 0 aromatic heterocycles. The molecule has 0 aliphatic carbocycles. The maximum absolute atomic E-state index is 9.90. The molecular formula is C11H15Cl4NO. The van der Waals surface area contributed by atoms with Crippen LogP contribution in [-0.2, 0) is 0 Å². The average Bonchev–Trinajstić information content (AvgIpc) is 2.22. The van der Waals surface area contributed by atoms with Crippen LogP contribution in [0.25, 0.3) is 0 Å². The highest BCUT2D eigenvalue weighted by molar-refractivity contribution is 6.44. The van der Waals surface area contributed by atoms with Gasteiger partial charge in [-0.2, -0.15) is 0 Å². The smallest absolute Gasteiger partial charge is 0.0756 e. The highest BCUT2D eigenvalue weighted by Crippen LogP contribution is 2.36. The van der Waals surface area contributed by atoms with E-state index in [-0.39, 0.29) is 18.3 Å². The van der Waals surface area contributed by atoms with Crippen molar-refractivity contribution in [1.82, 2.24) is 0 Å². The summed E-state index contributed by atoms with van der Waals surface area (Å²) in [7, 11) is 0. The van der Waals surface area contributed by atoms with E-state index < -0.39 is 12.1 Å². The number of rotatable bonds is 3. The van der Waals surface area contributed by atoms with Gasteiger partial charge in [-0.15, -0.1) is 12.4 Å². The summed E-state index contributed by atoms with van der Waals surface area (Å²) in [6.45, 7) is 3.74. The number of nitrogens with two attached hydrogens (primary N) is 1. The van der Waals surface area contributed by atoms with Crippen molar-refractivity contribution in [2.24, 2.45) is 11.7 Å². The van der Waals surface area contributed by atoms with Gasteiger partial charge in [-0.05, 0) is 18.1 Å². The van der Waals surface area contributed by atoms with Crippen molar-refractivity contribution >= 4 is 47.2 Å². The Labute approximate surface area is 122 Å². The minimum Gasteiger partial charge on any atom is -0.391 e. The van der Waals surface area contributed by atoms with E-state index in [1.165, 1.54) is 0 Å². The summed E-state index contributed by atoms with van der Waals surface area (Å²) in [6, 6.07) is 2.58. The Morgan fingerprint density at radius 2 is 1.59 bits per heavy atom. The van der Waals surface area contributed by atoms with E-state index in [0.717, 1.165) is 0 Å². The molecule has 2 nitrogen and oxygen atoms in total. The van der Waals surface area contributed by atoms with Crippen LogP contribution < -0.4 is 5.73 Å². The van der Waals surface area contributed by atoms with Gasteiger partial charge in [0.1, 0.15) is 0 Å². The normalized spacial score (nSPS) is 14.4. The fourth-order valence-corrected chi connectivity index (χ4v) is 2.22. The zero-order chi connectivity index (χ0) is 12.5. The van der Waals surface area contributed by atoms with Crippen LogP contribution in [0, 0.1) is 5.92 Å². The largest absolute Gasteiger partial charge is 0.391 e. The predicted octanol–water partition coefficient (Wildman–Crippen LogP) is 4.09. The maximum Gasteiger partial charge on any atom is 0.0756 e. The fraction of sp³-hybridized carbons (Fsp3) is 0.455. The molecule has 0 unspecified atom stereocenters. The molecule has 1 rings (SSSR count). The molecule has 0 aliphatic rings. The summed E-state index contributed by atoms with van der Waals surface area (Å²) >= 11 is 17.9. The van der Waals surface area contributed by atoms with Gasteiger partial charge in [-0.25, -0.2) is 0 Å². The van der Waals surface area contributed by atoms with Crippen molar-refractivity contribution in [3.63, 3.8) is 0 Å². The third-order valence-electron chi connectivity index (χ3n) is 2.46. The highest BCUT2D eigenvalue weighted by Gasteiger charge is 2.25. The van der Waals surface area contributed by atoms with Crippen LogP contribution in [0.2, 0.25) is 15.1 Å². The van der Waals surface area contributed by atoms with Gasteiger partial charge in [0.05, 0.1) is 22.2 Å². The summed E-state index contributed by atoms with van der Waals surface area (Å²) in [5.41, 5.74) is 6.43. The van der Waals surface area contributed by atoms with Crippen LogP contribution in [0.3, 0.4) is 0 Å². The average molecular weight is 319 g/mol. The lowest BCUT2D eigenvalue weighted by Gasteiger charge is -2.24. The van der Waals surface area contributed by atoms with Gasteiger partial charge in [0.25, 0.3) is 0 Å². The van der Waals surface area contributed by atoms with Crippen molar-refractivity contribution < 1.29 is 5.11 Å². The third-order valence-corrected chi connectivity index (χ3v) is 3.61. The molecule has 0 aliphatic heterocycles. The van der Waals surface area contributed by atoms with E-state index in [0.29, 0.717) is 20.6 Å². The van der Waals surface area contributed by atoms with Gasteiger partial charge in [0.2, 0.25) is 0 Å². The molecular weight excluding hydrogens is 304 g/mol. The van der Waals surface area contributed by atoms with Crippen LogP contribution >= 0.6 is 47.2 Å². The second kappa shape index (κ2) is 7.03. The van der Waals surface area contributed by atoms with Gasteiger partial charge in [0, 0.05) is 10.6 Å². The molecule has 2 atom stereocenters. The number of halogens is 4. The molecule has 0 fully saturated rings. The molecule has 0 heterocycles. The first-order chi connectivity index (χ1) is 7.36. The molecule has 0 amide bonds. The van der Waals surface area contributed by atoms with E-state index >= 15 is 0 Å². The first-order valence-electron chi connectivity index (χ1n) is 4.93. The molecule has 98 valence electrons. The van der Waals surface area contributed by atoms with Crippen LogP contribution in [0.15, 0.2) is 12.1 Å². The van der Waals surface area contributed by atoms with Gasteiger partial charge >= 0.3 is 0 Å². The van der Waals surface area contributed by atoms with Crippen molar-refractivity contribution in [3.8, 4) is 0 Å². The first-order valence-corrected chi connectivity index (χ1v) is 6.06. The van der Waals surface area contributed by atoms with Gasteiger partial charge in [0.15, 0.2) is 0 Å². The molecule has 17 heavy (non-hydrogen) atoms. The molecule has 0 spiro atoms. The lowest BCUT2D eigenvalue weighted by Crippen LogP contribution is -2.31. The van der Waals surface area contributed by atoms with Crippen LogP contribution in [-0.4, -0.2) is 11.2 Å². The molecule has 0 radical (unpaired) electrons. The third kappa shape index (κ3) is 3.88. The predicted molar refractivity (Wildman–Crippen MR) is 76.5 cm³/mol. The Balaban J connectivity index is 0.00000256. The molecule has 1 aromatic rings. The fourth-order valence-electron chi connectivity index (χ4n) is 1.43. The Hall–Kier alpha value is 0.300. The quantitative estimate of drug-likeness (QED) is 0.825. The number of aliphatic hydroxyl groups is 1.